The topological polar surface area (TPSA) is 145 Å². The van der Waals surface area contributed by atoms with E-state index in [1.165, 1.54) is 36.5 Å². The number of H-pyrrole nitrogens is 1. The summed E-state index contributed by atoms with van der Waals surface area (Å²) in [6, 6.07) is 9.08. The van der Waals surface area contributed by atoms with E-state index in [0.29, 0.717) is 0 Å². The molecule has 0 aliphatic heterocycles. The van der Waals surface area contributed by atoms with Gasteiger partial charge in [-0.05, 0) is 47.5 Å². The van der Waals surface area contributed by atoms with Gasteiger partial charge in [-0.1, -0.05) is 23.7 Å². The number of anilines is 1. The Kier molecular flexibility index (Phi) is 6.26. The Morgan fingerprint density at radius 3 is 2.17 bits per heavy atom. The first kappa shape index (κ1) is 23.5. The summed E-state index contributed by atoms with van der Waals surface area (Å²) >= 11 is 6.26. The van der Waals surface area contributed by atoms with Crippen molar-refractivity contribution in [2.24, 2.45) is 0 Å². The zero-order valence-electron chi connectivity index (χ0n) is 17.3. The fourth-order valence-corrected chi connectivity index (χ4v) is 3.61. The minimum absolute atomic E-state index is 0.0493. The molecule has 1 aromatic heterocycles. The number of carboxylic acids is 2. The van der Waals surface area contributed by atoms with Crippen LogP contribution in [0.3, 0.4) is 0 Å². The molecule has 0 spiro atoms. The number of aromatic nitrogens is 3. The largest absolute Gasteiger partial charge is 0.478 e. The van der Waals surface area contributed by atoms with Crippen molar-refractivity contribution >= 4 is 35.1 Å². The molecule has 0 radical (unpaired) electrons. The number of aromatic carboxylic acids is 2. The number of hydrogen-bond acceptors (Lipinski definition) is 5. The number of halogens is 3. The lowest BCUT2D eigenvalue weighted by atomic mass is 9.98. The molecule has 4 N–H and O–H groups in total. The molecule has 0 atom stereocenters. The highest BCUT2D eigenvalue weighted by molar-refractivity contribution is 6.34. The highest BCUT2D eigenvalue weighted by Gasteiger charge is 2.22. The van der Waals surface area contributed by atoms with Gasteiger partial charge in [-0.25, -0.2) is 18.4 Å². The van der Waals surface area contributed by atoms with Crippen molar-refractivity contribution in [2.45, 2.75) is 0 Å². The zero-order valence-corrected chi connectivity index (χ0v) is 18.1. The van der Waals surface area contributed by atoms with Crippen LogP contribution in [0.4, 0.5) is 14.5 Å². The van der Waals surface area contributed by atoms with Gasteiger partial charge in [0, 0.05) is 5.56 Å². The minimum atomic E-state index is -1.43. The molecule has 0 saturated heterocycles. The number of carboxylic acid groups (broad SMARTS) is 2. The molecule has 0 aliphatic carbocycles. The van der Waals surface area contributed by atoms with Gasteiger partial charge in [0.15, 0.2) is 11.6 Å². The number of nitrogens with one attached hydrogen (secondary N) is 2. The number of rotatable bonds is 6. The van der Waals surface area contributed by atoms with E-state index in [4.69, 9.17) is 11.6 Å². The zero-order chi connectivity index (χ0) is 25.3. The number of aromatic amines is 1. The van der Waals surface area contributed by atoms with E-state index in [9.17, 15) is 33.4 Å². The second-order valence-corrected chi connectivity index (χ2v) is 7.59. The number of hydrogen-bond donors (Lipinski definition) is 4. The molecule has 12 heteroatoms. The van der Waals surface area contributed by atoms with Gasteiger partial charge < -0.3 is 15.5 Å². The van der Waals surface area contributed by atoms with Crippen molar-refractivity contribution in [3.05, 3.63) is 88.1 Å². The molecule has 0 aliphatic rings. The molecule has 4 aromatic rings. The second kappa shape index (κ2) is 9.31. The van der Waals surface area contributed by atoms with Crippen LogP contribution >= 0.6 is 11.6 Å². The molecule has 1 heterocycles. The lowest BCUT2D eigenvalue weighted by Gasteiger charge is -2.14. The molecule has 4 rings (SSSR count). The Morgan fingerprint density at radius 1 is 0.857 bits per heavy atom. The van der Waals surface area contributed by atoms with E-state index in [1.54, 1.807) is 0 Å². The normalized spacial score (nSPS) is 10.7. The molecule has 0 fully saturated rings. The summed E-state index contributed by atoms with van der Waals surface area (Å²) in [5.74, 6) is -5.97. The van der Waals surface area contributed by atoms with Gasteiger partial charge in [0.25, 0.3) is 5.91 Å². The van der Waals surface area contributed by atoms with Gasteiger partial charge in [-0.3, -0.25) is 4.79 Å². The summed E-state index contributed by atoms with van der Waals surface area (Å²) in [5, 5.41) is 31.5. The monoisotopic (exact) mass is 498 g/mol. The van der Waals surface area contributed by atoms with E-state index in [1.807, 2.05) is 0 Å². The summed E-state index contributed by atoms with van der Waals surface area (Å²) in [7, 11) is 0. The molecule has 0 bridgehead atoms. The highest BCUT2D eigenvalue weighted by Crippen LogP contribution is 2.33. The Morgan fingerprint density at radius 2 is 1.54 bits per heavy atom. The third-order valence-corrected chi connectivity index (χ3v) is 5.34. The van der Waals surface area contributed by atoms with Gasteiger partial charge in [-0.2, -0.15) is 15.4 Å². The molecule has 1 amide bonds. The summed E-state index contributed by atoms with van der Waals surface area (Å²) in [5.41, 5.74) is -0.337. The van der Waals surface area contributed by atoms with Crippen LogP contribution in [-0.4, -0.2) is 43.5 Å². The Labute approximate surface area is 200 Å². The number of carbonyl (C=O) groups is 3. The molecule has 176 valence electrons. The fraction of sp³-hybridized carbons (Fsp3) is 0. The van der Waals surface area contributed by atoms with Gasteiger partial charge in [-0.15, -0.1) is 0 Å². The van der Waals surface area contributed by atoms with Crippen LogP contribution in [0.5, 0.6) is 0 Å². The Hall–Kier alpha value is -4.64. The van der Waals surface area contributed by atoms with Crippen LogP contribution in [0.15, 0.2) is 54.7 Å². The standard InChI is InChI=1S/C23H13ClF2N4O5/c24-16-8-19(15(23(34)35)7-14(16)20-9-27-30-29-20)28-21(31)13-5-10(1-3-12(13)22(32)33)11-2-4-17(25)18(26)6-11/h1-9H,(H,28,31)(H,32,33)(H,34,35)(H,27,29,30). The van der Waals surface area contributed by atoms with Crippen LogP contribution in [0.2, 0.25) is 5.02 Å². The molecular formula is C23H13ClF2N4O5. The van der Waals surface area contributed by atoms with Crippen molar-refractivity contribution in [1.29, 1.82) is 0 Å². The summed E-state index contributed by atoms with van der Waals surface area (Å²) < 4.78 is 27.0. The van der Waals surface area contributed by atoms with Crippen molar-refractivity contribution in [3.8, 4) is 22.4 Å². The average molecular weight is 499 g/mol. The summed E-state index contributed by atoms with van der Waals surface area (Å²) in [6.45, 7) is 0. The molecule has 3 aromatic carbocycles. The highest BCUT2D eigenvalue weighted by atomic mass is 35.5. The predicted octanol–water partition coefficient (Wildman–Crippen LogP) is 4.72. The first-order valence-corrected chi connectivity index (χ1v) is 10.1. The van der Waals surface area contributed by atoms with Crippen LogP contribution in [0.25, 0.3) is 22.4 Å². The molecule has 35 heavy (non-hydrogen) atoms. The second-order valence-electron chi connectivity index (χ2n) is 7.19. The van der Waals surface area contributed by atoms with Gasteiger partial charge in [0.05, 0.1) is 33.6 Å². The van der Waals surface area contributed by atoms with E-state index >= 15 is 0 Å². The fourth-order valence-electron chi connectivity index (χ4n) is 3.34. The first-order chi connectivity index (χ1) is 16.7. The lowest BCUT2D eigenvalue weighted by molar-refractivity contribution is 0.0684. The lowest BCUT2D eigenvalue weighted by Crippen LogP contribution is -2.18. The average Bonchev–Trinajstić information content (AvgIpc) is 3.35. The van der Waals surface area contributed by atoms with E-state index < -0.39 is 35.0 Å². The SMILES string of the molecule is O=C(O)c1cc(-c2cn[nH]n2)c(Cl)cc1NC(=O)c1cc(-c2ccc(F)c(F)c2)ccc1C(=O)O. The van der Waals surface area contributed by atoms with Crippen LogP contribution in [0.1, 0.15) is 31.1 Å². The Balaban J connectivity index is 1.76. The van der Waals surface area contributed by atoms with Gasteiger partial charge >= 0.3 is 11.9 Å². The predicted molar refractivity (Wildman–Crippen MR) is 120 cm³/mol. The summed E-state index contributed by atoms with van der Waals surface area (Å²) in [4.78, 5) is 36.6. The smallest absolute Gasteiger partial charge is 0.337 e. The molecular weight excluding hydrogens is 486 g/mol. The van der Waals surface area contributed by atoms with E-state index in [2.05, 4.69) is 20.7 Å². The first-order valence-electron chi connectivity index (χ1n) is 9.72. The van der Waals surface area contributed by atoms with E-state index in [0.717, 1.165) is 18.2 Å². The number of benzene rings is 3. The molecule has 0 saturated carbocycles. The third-order valence-electron chi connectivity index (χ3n) is 5.02. The Bertz CT molecular complexity index is 1490. The maximum absolute atomic E-state index is 13.7. The van der Waals surface area contributed by atoms with Crippen LogP contribution < -0.4 is 5.32 Å². The third kappa shape index (κ3) is 4.70. The molecule has 9 nitrogen and oxygen atoms in total. The summed E-state index contributed by atoms with van der Waals surface area (Å²) in [6.07, 6.45) is 1.33. The van der Waals surface area contributed by atoms with E-state index in [-0.39, 0.29) is 44.2 Å². The van der Waals surface area contributed by atoms with Crippen molar-refractivity contribution < 1.29 is 33.4 Å². The number of carbonyl (C=O) groups excluding carboxylic acids is 1. The van der Waals surface area contributed by atoms with Gasteiger partial charge in [0.1, 0.15) is 5.69 Å². The number of nitrogens with zero attached hydrogens (tertiary/aromatic N) is 2. The van der Waals surface area contributed by atoms with Crippen molar-refractivity contribution in [1.82, 2.24) is 15.4 Å². The minimum Gasteiger partial charge on any atom is -0.478 e. The maximum atomic E-state index is 13.7. The van der Waals surface area contributed by atoms with Crippen molar-refractivity contribution in [3.63, 3.8) is 0 Å². The van der Waals surface area contributed by atoms with Crippen LogP contribution in [0, 0.1) is 11.6 Å². The maximum Gasteiger partial charge on any atom is 0.337 e. The number of amides is 1. The van der Waals surface area contributed by atoms with Crippen molar-refractivity contribution in [2.75, 3.05) is 5.32 Å². The quantitative estimate of drug-likeness (QED) is 0.301. The van der Waals surface area contributed by atoms with Gasteiger partial charge in [0.2, 0.25) is 0 Å². The van der Waals surface area contributed by atoms with Crippen LogP contribution in [-0.2, 0) is 0 Å². The molecule has 0 unspecified atom stereocenters.